The molecule has 0 bridgehead atoms. The molecule has 1 nitrogen and oxygen atoms in total. The van der Waals surface area contributed by atoms with Gasteiger partial charge in [-0.25, -0.2) is 0 Å². The second-order valence-corrected chi connectivity index (χ2v) is 3.91. The van der Waals surface area contributed by atoms with Crippen molar-refractivity contribution in [2.24, 2.45) is 5.73 Å². The van der Waals surface area contributed by atoms with Crippen LogP contribution < -0.4 is 5.73 Å². The van der Waals surface area contributed by atoms with Crippen LogP contribution in [0.15, 0.2) is 0 Å². The zero-order chi connectivity index (χ0) is 6.24. The van der Waals surface area contributed by atoms with Gasteiger partial charge in [0.15, 0.2) is 0 Å². The first kappa shape index (κ1) is 8.48. The average molecular weight is 180 g/mol. The zero-order valence-corrected chi connectivity index (χ0v) is 7.23. The quantitative estimate of drug-likeness (QED) is 0.500. The van der Waals surface area contributed by atoms with Gasteiger partial charge in [-0.3, -0.25) is 0 Å². The van der Waals surface area contributed by atoms with E-state index in [1.807, 2.05) is 0 Å². The van der Waals surface area contributed by atoms with Gasteiger partial charge in [0.05, 0.1) is 0 Å². The van der Waals surface area contributed by atoms with E-state index >= 15 is 0 Å². The Bertz CT molecular complexity index is 33.5. The third-order valence-corrected chi connectivity index (χ3v) is 2.51. The first-order valence-corrected chi connectivity index (χ1v) is 6.03. The van der Waals surface area contributed by atoms with Gasteiger partial charge in [0.1, 0.15) is 0 Å². The van der Waals surface area contributed by atoms with Gasteiger partial charge in [0, 0.05) is 0 Å². The summed E-state index contributed by atoms with van der Waals surface area (Å²) in [6.45, 7) is 0.872. The summed E-state index contributed by atoms with van der Waals surface area (Å²) >= 11 is 0.884. The van der Waals surface area contributed by atoms with Crippen molar-refractivity contribution < 1.29 is 0 Å². The molecule has 0 amide bonds. The van der Waals surface area contributed by atoms with E-state index in [0.717, 1.165) is 21.5 Å². The fraction of sp³-hybridized carbons (Fsp3) is 1.00. The predicted molar refractivity (Wildman–Crippen MR) is 39.3 cm³/mol. The Balaban J connectivity index is 2.53. The normalized spacial score (nSPS) is 9.75. The molecule has 0 aromatic heterocycles. The second-order valence-electron chi connectivity index (χ2n) is 1.84. The first-order valence-electron chi connectivity index (χ1n) is 3.11. The van der Waals surface area contributed by atoms with E-state index in [9.17, 15) is 0 Å². The molecular formula is C6H15NSe. The molecule has 2 heteroatoms. The van der Waals surface area contributed by atoms with Gasteiger partial charge in [0.25, 0.3) is 0 Å². The molecule has 0 rings (SSSR count). The second kappa shape index (κ2) is 7.48. The van der Waals surface area contributed by atoms with Crippen molar-refractivity contribution in [3.8, 4) is 0 Å². The molecule has 0 aliphatic carbocycles. The SMILES string of the molecule is C[Se]CCCCCN. The van der Waals surface area contributed by atoms with E-state index in [0.29, 0.717) is 0 Å². The van der Waals surface area contributed by atoms with Crippen molar-refractivity contribution in [1.29, 1.82) is 0 Å². The Morgan fingerprint density at radius 1 is 1.25 bits per heavy atom. The molecule has 50 valence electrons. The van der Waals surface area contributed by atoms with Gasteiger partial charge in [-0.05, 0) is 0 Å². The van der Waals surface area contributed by atoms with Crippen molar-refractivity contribution in [3.05, 3.63) is 0 Å². The standard InChI is InChI=1S/C6H15NSe/c1-8-6-4-2-3-5-7/h2-7H2,1H3. The van der Waals surface area contributed by atoms with E-state index in [2.05, 4.69) is 5.82 Å². The van der Waals surface area contributed by atoms with E-state index in [1.54, 1.807) is 0 Å². The molecule has 0 spiro atoms. The van der Waals surface area contributed by atoms with Crippen molar-refractivity contribution >= 4 is 15.0 Å². The van der Waals surface area contributed by atoms with Gasteiger partial charge < -0.3 is 0 Å². The Kier molecular flexibility index (Phi) is 7.93. The fourth-order valence-corrected chi connectivity index (χ4v) is 1.60. The van der Waals surface area contributed by atoms with Crippen molar-refractivity contribution in [1.82, 2.24) is 0 Å². The van der Waals surface area contributed by atoms with E-state index < -0.39 is 0 Å². The molecule has 0 radical (unpaired) electrons. The molecule has 0 heterocycles. The molecule has 0 aliphatic rings. The Hall–Kier alpha value is 0.479. The number of rotatable bonds is 5. The monoisotopic (exact) mass is 181 g/mol. The summed E-state index contributed by atoms with van der Waals surface area (Å²) in [5, 5.41) is 1.44. The molecule has 0 unspecified atom stereocenters. The van der Waals surface area contributed by atoms with E-state index in [4.69, 9.17) is 5.73 Å². The number of hydrogen-bond donors (Lipinski definition) is 1. The summed E-state index contributed by atoms with van der Waals surface area (Å²) in [5.41, 5.74) is 5.32. The van der Waals surface area contributed by atoms with Gasteiger partial charge in [-0.15, -0.1) is 0 Å². The minimum atomic E-state index is 0.872. The average Bonchev–Trinajstić information content (AvgIpc) is 1.81. The summed E-state index contributed by atoms with van der Waals surface area (Å²) in [7, 11) is 0. The van der Waals surface area contributed by atoms with Crippen LogP contribution in [0.5, 0.6) is 0 Å². The van der Waals surface area contributed by atoms with Crippen LogP contribution in [0.2, 0.25) is 11.1 Å². The molecule has 0 atom stereocenters. The number of unbranched alkanes of at least 4 members (excludes halogenated alkanes) is 2. The van der Waals surface area contributed by atoms with E-state index in [1.165, 1.54) is 24.6 Å². The molecule has 0 aromatic carbocycles. The van der Waals surface area contributed by atoms with Gasteiger partial charge in [0.2, 0.25) is 0 Å². The summed E-state index contributed by atoms with van der Waals surface area (Å²) in [4.78, 5) is 0. The number of hydrogen-bond acceptors (Lipinski definition) is 1. The zero-order valence-electron chi connectivity index (χ0n) is 5.52. The van der Waals surface area contributed by atoms with E-state index in [-0.39, 0.29) is 0 Å². The number of nitrogens with two attached hydrogens (primary N) is 1. The first-order chi connectivity index (χ1) is 3.91. The van der Waals surface area contributed by atoms with Crippen molar-refractivity contribution in [2.75, 3.05) is 6.54 Å². The summed E-state index contributed by atoms with van der Waals surface area (Å²) < 4.78 is 0. The maximum atomic E-state index is 5.32. The third-order valence-electron chi connectivity index (χ3n) is 1.05. The Labute approximate surface area is 58.2 Å². The maximum absolute atomic E-state index is 5.32. The molecule has 0 saturated carbocycles. The van der Waals surface area contributed by atoms with Crippen LogP contribution in [0, 0.1) is 0 Å². The third kappa shape index (κ3) is 6.48. The molecule has 0 aliphatic heterocycles. The van der Waals surface area contributed by atoms with Gasteiger partial charge in [-0.1, -0.05) is 0 Å². The predicted octanol–water partition coefficient (Wildman–Crippen LogP) is 1.29. The molecule has 8 heavy (non-hydrogen) atoms. The summed E-state index contributed by atoms with van der Waals surface area (Å²) in [5.74, 6) is 2.29. The topological polar surface area (TPSA) is 26.0 Å². The summed E-state index contributed by atoms with van der Waals surface area (Å²) in [6.07, 6.45) is 3.95. The molecular weight excluding hydrogens is 165 g/mol. The van der Waals surface area contributed by atoms with Crippen LogP contribution >= 0.6 is 0 Å². The van der Waals surface area contributed by atoms with Crippen LogP contribution in [0.25, 0.3) is 0 Å². The van der Waals surface area contributed by atoms with Crippen LogP contribution in [-0.2, 0) is 0 Å². The summed E-state index contributed by atoms with van der Waals surface area (Å²) in [6, 6.07) is 0. The molecule has 0 fully saturated rings. The molecule has 2 N–H and O–H groups in total. The van der Waals surface area contributed by atoms with Crippen LogP contribution in [0.3, 0.4) is 0 Å². The van der Waals surface area contributed by atoms with Crippen molar-refractivity contribution in [3.63, 3.8) is 0 Å². The van der Waals surface area contributed by atoms with Crippen molar-refractivity contribution in [2.45, 2.75) is 30.4 Å². The molecule has 0 saturated heterocycles. The van der Waals surface area contributed by atoms with Gasteiger partial charge in [-0.2, -0.15) is 0 Å². The van der Waals surface area contributed by atoms with Gasteiger partial charge >= 0.3 is 57.6 Å². The minimum absolute atomic E-state index is 0.872. The Morgan fingerprint density at radius 2 is 2.00 bits per heavy atom. The van der Waals surface area contributed by atoms with Crippen LogP contribution in [0.1, 0.15) is 19.3 Å². The molecule has 0 aromatic rings. The van der Waals surface area contributed by atoms with Crippen LogP contribution in [0.4, 0.5) is 0 Å². The fourth-order valence-electron chi connectivity index (χ4n) is 0.568. The Morgan fingerprint density at radius 3 is 2.50 bits per heavy atom. The van der Waals surface area contributed by atoms with Crippen LogP contribution in [-0.4, -0.2) is 21.5 Å².